The van der Waals surface area contributed by atoms with E-state index in [4.69, 9.17) is 10.5 Å². The summed E-state index contributed by atoms with van der Waals surface area (Å²) in [5, 5.41) is 9.39. The van der Waals surface area contributed by atoms with E-state index < -0.39 is 6.29 Å². The number of benzene rings is 1. The van der Waals surface area contributed by atoms with Gasteiger partial charge in [0.15, 0.2) is 6.29 Å². The minimum atomic E-state index is -0.893. The molecule has 0 saturated heterocycles. The molecule has 1 aromatic carbocycles. The third-order valence-corrected chi connectivity index (χ3v) is 2.52. The van der Waals surface area contributed by atoms with Crippen LogP contribution in [0.3, 0.4) is 0 Å². The highest BCUT2D eigenvalue weighted by Crippen LogP contribution is 2.27. The molecule has 0 radical (unpaired) electrons. The number of hydrogen-bond donors (Lipinski definition) is 2. The van der Waals surface area contributed by atoms with Gasteiger partial charge in [-0.3, -0.25) is 0 Å². The Hall–Kier alpha value is -0.580. The highest BCUT2D eigenvalue weighted by atomic mass is 79.9. The van der Waals surface area contributed by atoms with Crippen molar-refractivity contribution in [3.8, 4) is 0 Å². The summed E-state index contributed by atoms with van der Waals surface area (Å²) in [7, 11) is 1.45. The Morgan fingerprint density at radius 2 is 2.15 bits per heavy atom. The Balaban J connectivity index is 3.13. The number of halogens is 1. The van der Waals surface area contributed by atoms with Crippen molar-refractivity contribution < 1.29 is 9.84 Å². The molecule has 0 aliphatic carbocycles. The van der Waals surface area contributed by atoms with Gasteiger partial charge in [0.25, 0.3) is 0 Å². The van der Waals surface area contributed by atoms with Crippen molar-refractivity contribution in [2.24, 2.45) is 0 Å². The number of nitrogens with two attached hydrogens (primary N) is 1. The molecule has 0 fully saturated rings. The maximum atomic E-state index is 9.39. The summed E-state index contributed by atoms with van der Waals surface area (Å²) in [6, 6.07) is 3.55. The van der Waals surface area contributed by atoms with Gasteiger partial charge in [-0.15, -0.1) is 0 Å². The van der Waals surface area contributed by atoms with Crippen LogP contribution in [-0.4, -0.2) is 12.2 Å². The molecule has 3 nitrogen and oxygen atoms in total. The summed E-state index contributed by atoms with van der Waals surface area (Å²) in [4.78, 5) is 0. The molecule has 0 saturated carbocycles. The number of anilines is 1. The first-order valence-electron chi connectivity index (χ1n) is 3.82. The Morgan fingerprint density at radius 1 is 1.54 bits per heavy atom. The minimum absolute atomic E-state index is 0.687. The van der Waals surface area contributed by atoms with Gasteiger partial charge >= 0.3 is 0 Å². The lowest BCUT2D eigenvalue weighted by Crippen LogP contribution is -2.01. The molecule has 13 heavy (non-hydrogen) atoms. The molecule has 1 aromatic rings. The van der Waals surface area contributed by atoms with Crippen LogP contribution >= 0.6 is 15.9 Å². The van der Waals surface area contributed by atoms with Crippen LogP contribution in [0.2, 0.25) is 0 Å². The molecular formula is C9H12BrNO2. The van der Waals surface area contributed by atoms with E-state index in [1.54, 1.807) is 12.1 Å². The molecule has 3 N–H and O–H groups in total. The number of aliphatic hydroxyl groups excluding tert-OH is 1. The smallest absolute Gasteiger partial charge is 0.180 e. The largest absolute Gasteiger partial charge is 0.398 e. The first kappa shape index (κ1) is 10.5. The number of nitrogen functional groups attached to an aromatic ring is 1. The lowest BCUT2D eigenvalue weighted by molar-refractivity contribution is -0.0769. The van der Waals surface area contributed by atoms with Crippen molar-refractivity contribution in [3.63, 3.8) is 0 Å². The second-order valence-corrected chi connectivity index (χ2v) is 3.68. The molecule has 1 unspecified atom stereocenters. The molecule has 0 bridgehead atoms. The topological polar surface area (TPSA) is 55.5 Å². The van der Waals surface area contributed by atoms with Crippen LogP contribution in [0.5, 0.6) is 0 Å². The summed E-state index contributed by atoms with van der Waals surface area (Å²) in [5.74, 6) is 0. The first-order valence-corrected chi connectivity index (χ1v) is 4.62. The van der Waals surface area contributed by atoms with Crippen molar-refractivity contribution in [2.45, 2.75) is 13.2 Å². The number of methoxy groups -OCH3 is 1. The lowest BCUT2D eigenvalue weighted by Gasteiger charge is -2.11. The highest BCUT2D eigenvalue weighted by molar-refractivity contribution is 9.10. The number of aliphatic hydroxyl groups is 1. The normalized spacial score (nSPS) is 12.9. The van der Waals surface area contributed by atoms with Crippen LogP contribution in [0.25, 0.3) is 0 Å². The van der Waals surface area contributed by atoms with Crippen LogP contribution in [0.4, 0.5) is 5.69 Å². The van der Waals surface area contributed by atoms with E-state index >= 15 is 0 Å². The van der Waals surface area contributed by atoms with E-state index in [2.05, 4.69) is 15.9 Å². The van der Waals surface area contributed by atoms with Crippen LogP contribution in [0, 0.1) is 6.92 Å². The zero-order valence-corrected chi connectivity index (χ0v) is 9.13. The van der Waals surface area contributed by atoms with Crippen molar-refractivity contribution in [3.05, 3.63) is 27.7 Å². The third-order valence-electron chi connectivity index (χ3n) is 1.87. The van der Waals surface area contributed by atoms with Crippen molar-refractivity contribution in [1.29, 1.82) is 0 Å². The van der Waals surface area contributed by atoms with E-state index in [1.165, 1.54) is 7.11 Å². The first-order chi connectivity index (χ1) is 6.06. The quantitative estimate of drug-likeness (QED) is 0.619. The summed E-state index contributed by atoms with van der Waals surface area (Å²) in [6.45, 7) is 1.88. The molecule has 0 aliphatic heterocycles. The summed E-state index contributed by atoms with van der Waals surface area (Å²) in [5.41, 5.74) is 8.02. The molecule has 72 valence electrons. The minimum Gasteiger partial charge on any atom is -0.398 e. The lowest BCUT2D eigenvalue weighted by atomic mass is 10.1. The zero-order chi connectivity index (χ0) is 10.0. The highest BCUT2D eigenvalue weighted by Gasteiger charge is 2.09. The summed E-state index contributed by atoms with van der Waals surface area (Å²) < 4.78 is 5.56. The van der Waals surface area contributed by atoms with Crippen molar-refractivity contribution in [2.75, 3.05) is 12.8 Å². The standard InChI is InChI=1S/C9H12BrNO2/c1-5-3-6(9(12)13-2)4-7(10)8(5)11/h3-4,9,12H,11H2,1-2H3. The predicted octanol–water partition coefficient (Wildman–Crippen LogP) is 1.98. The van der Waals surface area contributed by atoms with Crippen LogP contribution < -0.4 is 5.73 Å². The number of ether oxygens (including phenoxy) is 1. The third kappa shape index (κ3) is 2.21. The van der Waals surface area contributed by atoms with Gasteiger partial charge in [-0.05, 0) is 40.5 Å². The Bertz CT molecular complexity index is 291. The van der Waals surface area contributed by atoms with E-state index in [0.717, 1.165) is 10.0 Å². The fourth-order valence-electron chi connectivity index (χ4n) is 1.06. The molecule has 0 aromatic heterocycles. The number of rotatable bonds is 2. The van der Waals surface area contributed by atoms with E-state index in [9.17, 15) is 5.11 Å². The van der Waals surface area contributed by atoms with Gasteiger partial charge in [-0.1, -0.05) is 0 Å². The summed E-state index contributed by atoms with van der Waals surface area (Å²) >= 11 is 3.30. The van der Waals surface area contributed by atoms with Crippen molar-refractivity contribution in [1.82, 2.24) is 0 Å². The van der Waals surface area contributed by atoms with Gasteiger partial charge in [0.2, 0.25) is 0 Å². The SMILES string of the molecule is COC(O)c1cc(C)c(N)c(Br)c1. The van der Waals surface area contributed by atoms with Gasteiger partial charge in [0.1, 0.15) is 0 Å². The zero-order valence-electron chi connectivity index (χ0n) is 7.54. The van der Waals surface area contributed by atoms with Gasteiger partial charge in [-0.25, -0.2) is 0 Å². The van der Waals surface area contributed by atoms with Crippen LogP contribution in [-0.2, 0) is 4.74 Å². The Labute approximate surface area is 85.6 Å². The Morgan fingerprint density at radius 3 is 2.62 bits per heavy atom. The number of aryl methyl sites for hydroxylation is 1. The molecule has 4 heteroatoms. The van der Waals surface area contributed by atoms with Crippen LogP contribution in [0.15, 0.2) is 16.6 Å². The fraction of sp³-hybridized carbons (Fsp3) is 0.333. The number of hydrogen-bond acceptors (Lipinski definition) is 3. The molecule has 1 rings (SSSR count). The van der Waals surface area contributed by atoms with Crippen molar-refractivity contribution >= 4 is 21.6 Å². The molecule has 1 atom stereocenters. The molecule has 0 aliphatic rings. The van der Waals surface area contributed by atoms with Gasteiger partial charge < -0.3 is 15.6 Å². The van der Waals surface area contributed by atoms with Gasteiger partial charge in [0, 0.05) is 22.8 Å². The van der Waals surface area contributed by atoms with Crippen LogP contribution in [0.1, 0.15) is 17.4 Å². The maximum absolute atomic E-state index is 9.39. The van der Waals surface area contributed by atoms with E-state index in [1.807, 2.05) is 6.92 Å². The fourth-order valence-corrected chi connectivity index (χ4v) is 1.64. The second kappa shape index (κ2) is 4.09. The molecule has 0 heterocycles. The van der Waals surface area contributed by atoms with E-state index in [-0.39, 0.29) is 0 Å². The molecular weight excluding hydrogens is 234 g/mol. The predicted molar refractivity (Wildman–Crippen MR) is 55.3 cm³/mol. The van der Waals surface area contributed by atoms with Gasteiger partial charge in [0.05, 0.1) is 0 Å². The maximum Gasteiger partial charge on any atom is 0.180 e. The monoisotopic (exact) mass is 245 g/mol. The molecule has 0 spiro atoms. The summed E-state index contributed by atoms with van der Waals surface area (Å²) in [6.07, 6.45) is -0.893. The van der Waals surface area contributed by atoms with Gasteiger partial charge in [-0.2, -0.15) is 0 Å². The Kier molecular flexibility index (Phi) is 3.30. The second-order valence-electron chi connectivity index (χ2n) is 2.82. The molecule has 0 amide bonds. The average molecular weight is 246 g/mol. The average Bonchev–Trinajstić information content (AvgIpc) is 2.12. The van der Waals surface area contributed by atoms with E-state index in [0.29, 0.717) is 11.3 Å².